The molecule has 1 aromatic carbocycles. The number of nitrogens with zero attached hydrogens (tertiary/aromatic N) is 5. The number of carbonyl (C=O) groups is 1. The number of benzene rings is 1. The van der Waals surface area contributed by atoms with E-state index in [1.165, 1.54) is 31.0 Å². The number of hydrogen-bond donors (Lipinski definition) is 1. The first-order chi connectivity index (χ1) is 17.0. The predicted octanol–water partition coefficient (Wildman–Crippen LogP) is 5.12. The summed E-state index contributed by atoms with van der Waals surface area (Å²) in [6.07, 6.45) is 5.74. The highest BCUT2D eigenvalue weighted by molar-refractivity contribution is 7.99. The molecular formula is C26H32N6O2S. The van der Waals surface area contributed by atoms with Crippen LogP contribution in [0, 0.1) is 25.2 Å². The van der Waals surface area contributed by atoms with E-state index in [4.69, 9.17) is 4.74 Å². The first-order valence-electron chi connectivity index (χ1n) is 12.1. The summed E-state index contributed by atoms with van der Waals surface area (Å²) < 4.78 is 9.44. The minimum atomic E-state index is -0.163. The van der Waals surface area contributed by atoms with Crippen molar-refractivity contribution in [3.8, 4) is 17.5 Å². The van der Waals surface area contributed by atoms with E-state index in [1.54, 1.807) is 7.11 Å². The van der Waals surface area contributed by atoms with Crippen molar-refractivity contribution in [3.05, 3.63) is 47.2 Å². The third-order valence-corrected chi connectivity index (χ3v) is 7.63. The van der Waals surface area contributed by atoms with E-state index in [0.29, 0.717) is 35.7 Å². The molecule has 0 bridgehead atoms. The molecule has 2 heterocycles. The van der Waals surface area contributed by atoms with Crippen LogP contribution in [0.2, 0.25) is 0 Å². The molecule has 1 saturated carbocycles. The Labute approximate surface area is 210 Å². The van der Waals surface area contributed by atoms with E-state index in [1.807, 2.05) is 48.7 Å². The largest absolute Gasteiger partial charge is 0.383 e. The van der Waals surface area contributed by atoms with Crippen molar-refractivity contribution in [2.24, 2.45) is 0 Å². The van der Waals surface area contributed by atoms with Gasteiger partial charge in [0.15, 0.2) is 11.0 Å². The SMILES string of the molecule is COCCn1c(SCC(=O)Nc2c(C#N)c(C)c(C)n2C2CCCCC2)nnc1-c1ccccc1. The monoisotopic (exact) mass is 492 g/mol. The molecule has 1 aliphatic rings. The van der Waals surface area contributed by atoms with Crippen molar-refractivity contribution in [1.29, 1.82) is 5.26 Å². The molecule has 0 saturated heterocycles. The number of anilines is 1. The second-order valence-electron chi connectivity index (χ2n) is 8.86. The highest BCUT2D eigenvalue weighted by Gasteiger charge is 2.26. The number of ether oxygens (including phenoxy) is 1. The van der Waals surface area contributed by atoms with E-state index in [-0.39, 0.29) is 11.7 Å². The quantitative estimate of drug-likeness (QED) is 0.417. The molecule has 1 aliphatic carbocycles. The zero-order chi connectivity index (χ0) is 24.8. The Balaban J connectivity index is 1.53. The average Bonchev–Trinajstić information content (AvgIpc) is 3.40. The van der Waals surface area contributed by atoms with Gasteiger partial charge in [-0.15, -0.1) is 10.2 Å². The highest BCUT2D eigenvalue weighted by Crippen LogP contribution is 2.37. The lowest BCUT2D eigenvalue weighted by Gasteiger charge is -2.27. The maximum Gasteiger partial charge on any atom is 0.235 e. The molecule has 0 spiro atoms. The van der Waals surface area contributed by atoms with Gasteiger partial charge in [-0.3, -0.25) is 9.36 Å². The van der Waals surface area contributed by atoms with Crippen molar-refractivity contribution in [3.63, 3.8) is 0 Å². The Morgan fingerprint density at radius 1 is 1.20 bits per heavy atom. The fourth-order valence-electron chi connectivity index (χ4n) is 4.76. The van der Waals surface area contributed by atoms with Crippen molar-refractivity contribution >= 4 is 23.5 Å². The van der Waals surface area contributed by atoms with Crippen LogP contribution in [-0.2, 0) is 16.1 Å². The Bertz CT molecular complexity index is 1200. The summed E-state index contributed by atoms with van der Waals surface area (Å²) in [7, 11) is 1.66. The predicted molar refractivity (Wildman–Crippen MR) is 137 cm³/mol. The molecule has 0 aliphatic heterocycles. The molecule has 0 radical (unpaired) electrons. The van der Waals surface area contributed by atoms with Crippen molar-refractivity contribution in [2.75, 3.05) is 24.8 Å². The summed E-state index contributed by atoms with van der Waals surface area (Å²) in [5.74, 6) is 1.38. The van der Waals surface area contributed by atoms with Crippen LogP contribution in [0.3, 0.4) is 0 Å². The van der Waals surface area contributed by atoms with Crippen molar-refractivity contribution in [1.82, 2.24) is 19.3 Å². The lowest BCUT2D eigenvalue weighted by atomic mass is 9.95. The van der Waals surface area contributed by atoms with E-state index in [0.717, 1.165) is 35.5 Å². The number of rotatable bonds is 9. The summed E-state index contributed by atoms with van der Waals surface area (Å²) in [6.45, 7) is 5.09. The molecule has 3 aromatic rings. The molecule has 8 nitrogen and oxygen atoms in total. The molecule has 1 N–H and O–H groups in total. The smallest absolute Gasteiger partial charge is 0.235 e. The number of amides is 1. The molecule has 1 fully saturated rings. The van der Waals surface area contributed by atoms with Gasteiger partial charge < -0.3 is 14.6 Å². The number of aromatic nitrogens is 4. The Morgan fingerprint density at radius 2 is 1.94 bits per heavy atom. The van der Waals surface area contributed by atoms with Gasteiger partial charge in [-0.25, -0.2) is 0 Å². The second-order valence-corrected chi connectivity index (χ2v) is 9.80. The summed E-state index contributed by atoms with van der Waals surface area (Å²) in [6, 6.07) is 12.5. The van der Waals surface area contributed by atoms with Crippen LogP contribution in [0.15, 0.2) is 35.5 Å². The number of thioether (sulfide) groups is 1. The summed E-state index contributed by atoms with van der Waals surface area (Å²) in [5.41, 5.74) is 3.51. The molecule has 0 unspecified atom stereocenters. The molecule has 4 rings (SSSR count). The van der Waals surface area contributed by atoms with Gasteiger partial charge in [0.1, 0.15) is 11.9 Å². The Kier molecular flexibility index (Phi) is 8.26. The number of hydrogen-bond acceptors (Lipinski definition) is 6. The van der Waals surface area contributed by atoms with Crippen LogP contribution >= 0.6 is 11.8 Å². The van der Waals surface area contributed by atoms with Crippen LogP contribution in [0.4, 0.5) is 5.82 Å². The maximum atomic E-state index is 13.1. The molecule has 184 valence electrons. The van der Waals surface area contributed by atoms with Gasteiger partial charge in [0.25, 0.3) is 0 Å². The van der Waals surface area contributed by atoms with Gasteiger partial charge in [0.2, 0.25) is 5.91 Å². The molecular weight excluding hydrogens is 460 g/mol. The van der Waals surface area contributed by atoms with E-state index in [9.17, 15) is 10.1 Å². The van der Waals surface area contributed by atoms with E-state index in [2.05, 4.69) is 26.2 Å². The van der Waals surface area contributed by atoms with E-state index >= 15 is 0 Å². The van der Waals surface area contributed by atoms with Gasteiger partial charge in [-0.05, 0) is 32.3 Å². The standard InChI is InChI=1S/C26H32N6O2S/c1-18-19(2)32(21-12-8-5-9-13-21)25(22(18)16-27)28-23(33)17-35-26-30-29-24(31(26)14-15-34-3)20-10-6-4-7-11-20/h4,6-7,10-11,21H,5,8-9,12-15,17H2,1-3H3,(H,28,33). The second kappa shape index (κ2) is 11.6. The van der Waals surface area contributed by atoms with Gasteiger partial charge in [-0.1, -0.05) is 61.4 Å². The molecule has 2 aromatic heterocycles. The highest BCUT2D eigenvalue weighted by atomic mass is 32.2. The average molecular weight is 493 g/mol. The number of methoxy groups -OCH3 is 1. The van der Waals surface area contributed by atoms with Crippen LogP contribution in [0.1, 0.15) is 55.0 Å². The Morgan fingerprint density at radius 3 is 2.63 bits per heavy atom. The van der Waals surface area contributed by atoms with Crippen LogP contribution < -0.4 is 5.32 Å². The van der Waals surface area contributed by atoms with Gasteiger partial charge in [0.05, 0.1) is 24.5 Å². The maximum absolute atomic E-state index is 13.1. The zero-order valence-corrected chi connectivity index (χ0v) is 21.4. The van der Waals surface area contributed by atoms with Crippen molar-refractivity contribution < 1.29 is 9.53 Å². The first-order valence-corrected chi connectivity index (χ1v) is 13.0. The van der Waals surface area contributed by atoms with Gasteiger partial charge in [0, 0.05) is 24.4 Å². The van der Waals surface area contributed by atoms with Crippen LogP contribution in [-0.4, -0.2) is 44.7 Å². The number of nitrogens with one attached hydrogen (secondary N) is 1. The summed E-state index contributed by atoms with van der Waals surface area (Å²) >= 11 is 1.34. The molecule has 35 heavy (non-hydrogen) atoms. The zero-order valence-electron chi connectivity index (χ0n) is 20.6. The summed E-state index contributed by atoms with van der Waals surface area (Å²) in [4.78, 5) is 13.1. The minimum absolute atomic E-state index is 0.163. The molecule has 1 amide bonds. The van der Waals surface area contributed by atoms with Crippen molar-refractivity contribution in [2.45, 2.75) is 63.7 Å². The summed E-state index contributed by atoms with van der Waals surface area (Å²) in [5, 5.41) is 22.3. The fraction of sp³-hybridized carbons (Fsp3) is 0.462. The van der Waals surface area contributed by atoms with Crippen LogP contribution in [0.5, 0.6) is 0 Å². The lowest BCUT2D eigenvalue weighted by Crippen LogP contribution is -2.22. The van der Waals surface area contributed by atoms with Crippen LogP contribution in [0.25, 0.3) is 11.4 Å². The molecule has 0 atom stereocenters. The topological polar surface area (TPSA) is 97.8 Å². The number of nitriles is 1. The minimum Gasteiger partial charge on any atom is -0.383 e. The van der Waals surface area contributed by atoms with Gasteiger partial charge in [-0.2, -0.15) is 5.26 Å². The lowest BCUT2D eigenvalue weighted by molar-refractivity contribution is -0.113. The fourth-order valence-corrected chi connectivity index (χ4v) is 5.53. The third-order valence-electron chi connectivity index (χ3n) is 6.67. The normalized spacial score (nSPS) is 14.1. The molecule has 9 heteroatoms. The first kappa shape index (κ1) is 25.0. The van der Waals surface area contributed by atoms with E-state index < -0.39 is 0 Å². The Hall–Kier alpha value is -3.09. The third kappa shape index (κ3) is 5.44. The number of carbonyl (C=O) groups excluding carboxylic acids is 1. The van der Waals surface area contributed by atoms with Gasteiger partial charge >= 0.3 is 0 Å².